The number of hydrogen-bond acceptors (Lipinski definition) is 7. The van der Waals surface area contributed by atoms with Crippen molar-refractivity contribution in [3.05, 3.63) is 61.2 Å². The predicted octanol–water partition coefficient (Wildman–Crippen LogP) is 3.64. The molecule has 2 bridgehead atoms. The molecule has 45 heavy (non-hydrogen) atoms. The molecule has 1 unspecified atom stereocenters. The Morgan fingerprint density at radius 2 is 1.96 bits per heavy atom. The summed E-state index contributed by atoms with van der Waals surface area (Å²) in [6, 6.07) is 7.69. The first-order valence-electron chi connectivity index (χ1n) is 15.8. The highest BCUT2D eigenvalue weighted by molar-refractivity contribution is 9.09. The zero-order valence-electron chi connectivity index (χ0n) is 26.5. The number of esters is 1. The Bertz CT molecular complexity index is 1260. The van der Waals surface area contributed by atoms with Gasteiger partial charge in [-0.3, -0.25) is 19.2 Å². The number of carbonyl (C=O) groups excluding carboxylic acids is 4. The van der Waals surface area contributed by atoms with Crippen molar-refractivity contribution >= 4 is 39.6 Å². The summed E-state index contributed by atoms with van der Waals surface area (Å²) in [6.45, 7) is 11.8. The molecule has 0 aromatic heterocycles. The Balaban J connectivity index is 1.68. The molecule has 4 rings (SSSR count). The fourth-order valence-electron chi connectivity index (χ4n) is 7.12. The van der Waals surface area contributed by atoms with Crippen LogP contribution in [0.5, 0.6) is 0 Å². The second-order valence-electron chi connectivity index (χ2n) is 12.2. The topological polar surface area (TPSA) is 117 Å². The number of halogens is 1. The Hall–Kier alpha value is -3.02. The first-order chi connectivity index (χ1) is 21.6. The van der Waals surface area contributed by atoms with Crippen molar-refractivity contribution < 1.29 is 33.8 Å². The van der Waals surface area contributed by atoms with E-state index >= 15 is 0 Å². The van der Waals surface area contributed by atoms with Gasteiger partial charge in [0.2, 0.25) is 17.7 Å². The molecule has 11 heteroatoms. The van der Waals surface area contributed by atoms with E-state index in [2.05, 4.69) is 29.1 Å². The monoisotopic (exact) mass is 687 g/mol. The maximum Gasteiger partial charge on any atom is 0.313 e. The number of aliphatic hydroxyl groups is 1. The summed E-state index contributed by atoms with van der Waals surface area (Å²) < 4.78 is 12.8. The minimum atomic E-state index is -1.26. The molecule has 3 aliphatic rings. The SMILES string of the molecule is C=CCCC(=O)N(C)[C@H](C)[C@H](OC(=O)[C@@H]1[C@H]2O[C@@]3(CC2Br)[C@H](C(=O)N(CC=C)CCCC)N(CCO)C(=O)[C@@H]13)c1ccccc1. The molecule has 0 saturated carbocycles. The number of ether oxygens (including phenoxy) is 2. The number of unbranched alkanes of at least 4 members (excludes halogenated alkanes) is 1. The summed E-state index contributed by atoms with van der Waals surface area (Å²) in [6.07, 6.45) is 4.64. The van der Waals surface area contributed by atoms with Crippen molar-refractivity contribution in [1.82, 2.24) is 14.7 Å². The third-order valence-corrected chi connectivity index (χ3v) is 10.3. The zero-order valence-corrected chi connectivity index (χ0v) is 28.1. The molecule has 1 aromatic carbocycles. The minimum Gasteiger partial charge on any atom is -0.455 e. The standard InChI is InChI=1S/C34H46BrN3O7/c1-6-9-16-25(40)36(5)22(4)28(23-14-12-11-13-15-23)44-33(43)26-27-31(41)38(19-20-39)30(34(27)21-24(35)29(26)45-34)32(42)37(17-8-3)18-10-7-2/h6,8,11-15,22,24,26-30,39H,1,3,7,9-10,16-21H2,2,4-5H3/t22-,24?,26+,27-,28+,29+,30+,34-/m1/s1. The van der Waals surface area contributed by atoms with Crippen LogP contribution in [-0.2, 0) is 28.7 Å². The number of likely N-dealkylation sites (N-methyl/N-ethyl adjacent to an activating group) is 1. The number of rotatable bonds is 16. The first kappa shape index (κ1) is 34.8. The van der Waals surface area contributed by atoms with E-state index in [1.165, 1.54) is 4.90 Å². The summed E-state index contributed by atoms with van der Waals surface area (Å²) >= 11 is 3.69. The molecule has 1 spiro atoms. The maximum atomic E-state index is 14.3. The van der Waals surface area contributed by atoms with Gasteiger partial charge in [0.15, 0.2) is 0 Å². The fourth-order valence-corrected chi connectivity index (χ4v) is 8.06. The largest absolute Gasteiger partial charge is 0.455 e. The summed E-state index contributed by atoms with van der Waals surface area (Å²) in [4.78, 5) is 59.9. The lowest BCUT2D eigenvalue weighted by molar-refractivity contribution is -0.164. The summed E-state index contributed by atoms with van der Waals surface area (Å²) in [7, 11) is 1.68. The van der Waals surface area contributed by atoms with Crippen LogP contribution in [0, 0.1) is 11.8 Å². The second kappa shape index (κ2) is 15.0. The molecule has 3 amide bonds. The van der Waals surface area contributed by atoms with Crippen LogP contribution in [0.4, 0.5) is 0 Å². The molecule has 1 N–H and O–H groups in total. The number of aliphatic hydroxyl groups excluding tert-OH is 1. The van der Waals surface area contributed by atoms with Crippen molar-refractivity contribution in [3.63, 3.8) is 0 Å². The van der Waals surface area contributed by atoms with Crippen LogP contribution in [0.25, 0.3) is 0 Å². The van der Waals surface area contributed by atoms with Gasteiger partial charge in [-0.15, -0.1) is 13.2 Å². The Morgan fingerprint density at radius 3 is 2.58 bits per heavy atom. The molecule has 3 aliphatic heterocycles. The molecule has 0 aliphatic carbocycles. The maximum absolute atomic E-state index is 14.3. The van der Waals surface area contributed by atoms with E-state index in [4.69, 9.17) is 9.47 Å². The van der Waals surface area contributed by atoms with Crippen LogP contribution in [0.1, 0.15) is 57.6 Å². The van der Waals surface area contributed by atoms with Gasteiger partial charge < -0.3 is 29.3 Å². The van der Waals surface area contributed by atoms with Crippen molar-refractivity contribution in [3.8, 4) is 0 Å². The summed E-state index contributed by atoms with van der Waals surface area (Å²) in [5.41, 5.74) is -0.553. The highest BCUT2D eigenvalue weighted by Crippen LogP contribution is 2.60. The smallest absolute Gasteiger partial charge is 0.313 e. The van der Waals surface area contributed by atoms with E-state index in [-0.39, 0.29) is 36.2 Å². The fraction of sp³-hybridized carbons (Fsp3) is 0.588. The number of allylic oxidation sites excluding steroid dienone is 1. The molecule has 3 saturated heterocycles. The van der Waals surface area contributed by atoms with E-state index in [9.17, 15) is 24.3 Å². The molecule has 0 radical (unpaired) electrons. The van der Waals surface area contributed by atoms with E-state index in [0.29, 0.717) is 31.5 Å². The van der Waals surface area contributed by atoms with E-state index in [0.717, 1.165) is 12.8 Å². The number of carbonyl (C=O) groups is 4. The van der Waals surface area contributed by atoms with Gasteiger partial charge in [-0.05, 0) is 31.7 Å². The summed E-state index contributed by atoms with van der Waals surface area (Å²) in [5, 5.41) is 9.93. The van der Waals surface area contributed by atoms with Gasteiger partial charge in [-0.25, -0.2) is 0 Å². The lowest BCUT2D eigenvalue weighted by Crippen LogP contribution is -2.57. The molecule has 1 aromatic rings. The van der Waals surface area contributed by atoms with Gasteiger partial charge in [0.1, 0.15) is 17.7 Å². The molecule has 10 nitrogen and oxygen atoms in total. The first-order valence-corrected chi connectivity index (χ1v) is 16.7. The third kappa shape index (κ3) is 6.62. The van der Waals surface area contributed by atoms with Crippen LogP contribution in [0.2, 0.25) is 0 Å². The molecular formula is C34H46BrN3O7. The average Bonchev–Trinajstić information content (AvgIpc) is 3.63. The highest BCUT2D eigenvalue weighted by atomic mass is 79.9. The Kier molecular flexibility index (Phi) is 11.7. The Morgan fingerprint density at radius 1 is 1.24 bits per heavy atom. The highest BCUT2D eigenvalue weighted by Gasteiger charge is 2.77. The number of benzene rings is 1. The lowest BCUT2D eigenvalue weighted by Gasteiger charge is -2.37. The lowest BCUT2D eigenvalue weighted by atomic mass is 9.70. The number of amides is 3. The van der Waals surface area contributed by atoms with Gasteiger partial charge in [0.25, 0.3) is 0 Å². The van der Waals surface area contributed by atoms with E-state index < -0.39 is 53.6 Å². The van der Waals surface area contributed by atoms with Crippen LogP contribution >= 0.6 is 15.9 Å². The Labute approximate surface area is 274 Å². The van der Waals surface area contributed by atoms with Gasteiger partial charge >= 0.3 is 5.97 Å². The van der Waals surface area contributed by atoms with Crippen LogP contribution in [-0.4, -0.2) is 105 Å². The molecule has 8 atom stereocenters. The van der Waals surface area contributed by atoms with Gasteiger partial charge in [0.05, 0.1) is 30.6 Å². The second-order valence-corrected chi connectivity index (χ2v) is 13.4. The van der Waals surface area contributed by atoms with E-state index in [1.807, 2.05) is 44.2 Å². The number of alkyl halides is 1. The quantitative estimate of drug-likeness (QED) is 0.160. The minimum absolute atomic E-state index is 0.0623. The van der Waals surface area contributed by atoms with Crippen LogP contribution in [0.15, 0.2) is 55.6 Å². The predicted molar refractivity (Wildman–Crippen MR) is 173 cm³/mol. The van der Waals surface area contributed by atoms with Gasteiger partial charge in [-0.1, -0.05) is 71.8 Å². The molecule has 3 heterocycles. The van der Waals surface area contributed by atoms with Gasteiger partial charge in [0, 0.05) is 37.9 Å². The van der Waals surface area contributed by atoms with Crippen molar-refractivity contribution in [1.29, 1.82) is 0 Å². The molecular weight excluding hydrogens is 642 g/mol. The zero-order chi connectivity index (χ0) is 32.9. The van der Waals surface area contributed by atoms with Crippen LogP contribution in [0.3, 0.4) is 0 Å². The van der Waals surface area contributed by atoms with Crippen LogP contribution < -0.4 is 0 Å². The number of hydrogen-bond donors (Lipinski definition) is 1. The molecule has 246 valence electrons. The average molecular weight is 689 g/mol. The van der Waals surface area contributed by atoms with E-state index in [1.54, 1.807) is 29.0 Å². The molecule has 3 fully saturated rings. The number of nitrogens with zero attached hydrogens (tertiary/aromatic N) is 3. The third-order valence-electron chi connectivity index (χ3n) is 9.45. The van der Waals surface area contributed by atoms with Crippen molar-refractivity contribution in [2.24, 2.45) is 11.8 Å². The number of β-amino-alcohol motifs (C(OH)–C–C–N with tert-alkyl or cyclic N) is 1. The number of fused-ring (bicyclic) bond motifs is 1. The van der Waals surface area contributed by atoms with Crippen molar-refractivity contribution in [2.45, 2.75) is 80.7 Å². The normalized spacial score (nSPS) is 27.9. The van der Waals surface area contributed by atoms with Gasteiger partial charge in [-0.2, -0.15) is 0 Å². The summed E-state index contributed by atoms with van der Waals surface area (Å²) in [5.74, 6) is -3.36. The number of likely N-dealkylation sites (tertiary alicyclic amines) is 1. The van der Waals surface area contributed by atoms with Crippen molar-refractivity contribution in [2.75, 3.05) is 33.3 Å².